The second-order valence-electron chi connectivity index (χ2n) is 3.93. The molecule has 15 heavy (non-hydrogen) atoms. The van der Waals surface area contributed by atoms with Crippen molar-refractivity contribution in [3.05, 3.63) is 17.0 Å². The number of rotatable bonds is 3. The van der Waals surface area contributed by atoms with Crippen molar-refractivity contribution < 1.29 is 12.9 Å². The average molecular weight is 250 g/mol. The molecule has 1 aromatic rings. The third-order valence-electron chi connectivity index (χ3n) is 2.84. The Hall–Kier alpha value is -0.550. The quantitative estimate of drug-likeness (QED) is 0.772. The molecule has 0 atom stereocenters. The lowest BCUT2D eigenvalue weighted by Crippen LogP contribution is -2.09. The first kappa shape index (κ1) is 11.0. The van der Waals surface area contributed by atoms with Gasteiger partial charge in [0.1, 0.15) is 17.2 Å². The summed E-state index contributed by atoms with van der Waals surface area (Å²) in [4.78, 5) is 0. The smallest absolute Gasteiger partial charge is 0.238 e. The lowest BCUT2D eigenvalue weighted by molar-refractivity contribution is 0.297. The zero-order chi connectivity index (χ0) is 11.1. The molecular weight excluding hydrogens is 238 g/mol. The summed E-state index contributed by atoms with van der Waals surface area (Å²) in [6.45, 7) is 1.83. The molecule has 1 saturated carbocycles. The molecule has 6 heteroatoms. The zero-order valence-electron chi connectivity index (χ0n) is 8.36. The second kappa shape index (κ2) is 3.79. The Morgan fingerprint density at radius 3 is 2.67 bits per heavy atom. The van der Waals surface area contributed by atoms with Crippen LogP contribution in [0.4, 0.5) is 0 Å². The molecule has 0 unspecified atom stereocenters. The van der Waals surface area contributed by atoms with Gasteiger partial charge in [-0.05, 0) is 19.8 Å². The maximum Gasteiger partial charge on any atom is 0.238 e. The van der Waals surface area contributed by atoms with Gasteiger partial charge in [-0.2, -0.15) is 0 Å². The van der Waals surface area contributed by atoms with Crippen molar-refractivity contribution in [2.75, 3.05) is 0 Å². The zero-order valence-corrected chi connectivity index (χ0v) is 9.94. The molecule has 1 aromatic heterocycles. The molecule has 84 valence electrons. The highest BCUT2D eigenvalue weighted by atomic mass is 35.7. The van der Waals surface area contributed by atoms with Crippen LogP contribution in [0.1, 0.15) is 42.2 Å². The van der Waals surface area contributed by atoms with Crippen molar-refractivity contribution >= 4 is 19.7 Å². The van der Waals surface area contributed by atoms with Crippen molar-refractivity contribution in [1.82, 2.24) is 5.16 Å². The van der Waals surface area contributed by atoms with Crippen LogP contribution >= 0.6 is 10.7 Å². The summed E-state index contributed by atoms with van der Waals surface area (Å²) < 4.78 is 27.0. The molecule has 0 radical (unpaired) electrons. The van der Waals surface area contributed by atoms with Gasteiger partial charge in [0.15, 0.2) is 0 Å². The van der Waals surface area contributed by atoms with Crippen LogP contribution in [0, 0.1) is 6.92 Å². The van der Waals surface area contributed by atoms with E-state index in [9.17, 15) is 8.42 Å². The second-order valence-corrected chi connectivity index (χ2v) is 6.71. The number of hydrogen-bond acceptors (Lipinski definition) is 4. The van der Waals surface area contributed by atoms with E-state index < -0.39 is 9.05 Å². The minimum Gasteiger partial charge on any atom is -0.361 e. The third-order valence-corrected chi connectivity index (χ3v) is 3.79. The number of halogens is 1. The molecule has 1 fully saturated rings. The van der Waals surface area contributed by atoms with Gasteiger partial charge in [0.25, 0.3) is 0 Å². The van der Waals surface area contributed by atoms with Crippen LogP contribution in [0.15, 0.2) is 4.52 Å². The van der Waals surface area contributed by atoms with Crippen molar-refractivity contribution in [3.63, 3.8) is 0 Å². The van der Waals surface area contributed by atoms with Crippen LogP contribution in [-0.4, -0.2) is 13.6 Å². The summed E-state index contributed by atoms with van der Waals surface area (Å²) in [5, 5.41) is 3.77. The van der Waals surface area contributed by atoms with E-state index in [1.54, 1.807) is 0 Å². The van der Waals surface area contributed by atoms with Crippen molar-refractivity contribution in [3.8, 4) is 0 Å². The summed E-state index contributed by atoms with van der Waals surface area (Å²) in [7, 11) is 1.62. The Morgan fingerprint density at radius 2 is 2.20 bits per heavy atom. The first-order chi connectivity index (χ1) is 6.97. The van der Waals surface area contributed by atoms with E-state index in [2.05, 4.69) is 5.16 Å². The van der Waals surface area contributed by atoms with E-state index in [4.69, 9.17) is 15.2 Å². The molecule has 0 aliphatic heterocycles. The summed E-state index contributed by atoms with van der Waals surface area (Å²) in [6.07, 6.45) is 3.40. The van der Waals surface area contributed by atoms with Crippen LogP contribution in [0.3, 0.4) is 0 Å². The van der Waals surface area contributed by atoms with Crippen molar-refractivity contribution in [1.29, 1.82) is 0 Å². The first-order valence-electron chi connectivity index (χ1n) is 4.85. The Labute approximate surface area is 93.0 Å². The summed E-state index contributed by atoms with van der Waals surface area (Å²) in [6, 6.07) is 0. The topological polar surface area (TPSA) is 60.2 Å². The summed E-state index contributed by atoms with van der Waals surface area (Å²) >= 11 is 0. The first-order valence-corrected chi connectivity index (χ1v) is 7.32. The lowest BCUT2D eigenvalue weighted by Gasteiger charge is -2.22. The molecule has 1 heterocycles. The molecule has 0 bridgehead atoms. The Balaban J connectivity index is 2.23. The Bertz CT molecular complexity index is 462. The molecule has 0 N–H and O–H groups in total. The largest absolute Gasteiger partial charge is 0.361 e. The molecule has 0 spiro atoms. The standard InChI is InChI=1S/C9H12ClNO3S/c1-6-8(5-15(10,12)13)11-14-9(6)7-3-2-4-7/h7H,2-5H2,1H3. The highest BCUT2D eigenvalue weighted by molar-refractivity contribution is 8.13. The normalized spacial score (nSPS) is 17.7. The van der Waals surface area contributed by atoms with E-state index >= 15 is 0 Å². The lowest BCUT2D eigenvalue weighted by atomic mass is 9.82. The number of aromatic nitrogens is 1. The number of hydrogen-bond donors (Lipinski definition) is 0. The van der Waals surface area contributed by atoms with Crippen molar-refractivity contribution in [2.24, 2.45) is 0 Å². The highest BCUT2D eigenvalue weighted by Gasteiger charge is 2.27. The highest BCUT2D eigenvalue weighted by Crippen LogP contribution is 2.38. The average Bonchev–Trinajstić information content (AvgIpc) is 2.30. The Kier molecular flexibility index (Phi) is 2.77. The van der Waals surface area contributed by atoms with Crippen LogP contribution in [0.5, 0.6) is 0 Å². The molecule has 4 nitrogen and oxygen atoms in total. The fourth-order valence-corrected chi connectivity index (χ4v) is 2.64. The summed E-state index contributed by atoms with van der Waals surface area (Å²) in [5.41, 5.74) is 1.27. The minimum atomic E-state index is -3.55. The Morgan fingerprint density at radius 1 is 1.53 bits per heavy atom. The van der Waals surface area contributed by atoms with Gasteiger partial charge < -0.3 is 4.52 Å². The van der Waals surface area contributed by atoms with Gasteiger partial charge in [-0.1, -0.05) is 11.6 Å². The van der Waals surface area contributed by atoms with Gasteiger partial charge in [0.2, 0.25) is 9.05 Å². The predicted molar refractivity (Wildman–Crippen MR) is 56.3 cm³/mol. The monoisotopic (exact) mass is 249 g/mol. The van der Waals surface area contributed by atoms with Crippen LogP contribution in [0.2, 0.25) is 0 Å². The van der Waals surface area contributed by atoms with Crippen molar-refractivity contribution in [2.45, 2.75) is 37.9 Å². The third kappa shape index (κ3) is 2.34. The maximum atomic E-state index is 10.9. The van der Waals surface area contributed by atoms with E-state index in [0.29, 0.717) is 11.6 Å². The fraction of sp³-hybridized carbons (Fsp3) is 0.667. The van der Waals surface area contributed by atoms with Gasteiger partial charge in [-0.25, -0.2) is 8.42 Å². The van der Waals surface area contributed by atoms with E-state index in [-0.39, 0.29) is 5.75 Å². The number of nitrogens with zero attached hydrogens (tertiary/aromatic N) is 1. The molecule has 0 aromatic carbocycles. The van der Waals surface area contributed by atoms with Crippen LogP contribution in [-0.2, 0) is 14.8 Å². The molecule has 1 aliphatic carbocycles. The molecule has 0 saturated heterocycles. The van der Waals surface area contributed by atoms with Crippen LogP contribution in [0.25, 0.3) is 0 Å². The SMILES string of the molecule is Cc1c(CS(=O)(=O)Cl)noc1C1CCC1. The van der Waals surface area contributed by atoms with E-state index in [1.165, 1.54) is 6.42 Å². The van der Waals surface area contributed by atoms with E-state index in [1.807, 2.05) is 6.92 Å². The minimum absolute atomic E-state index is 0.253. The van der Waals surface area contributed by atoms with Gasteiger partial charge in [-0.15, -0.1) is 0 Å². The van der Waals surface area contributed by atoms with Crippen LogP contribution < -0.4 is 0 Å². The van der Waals surface area contributed by atoms with Gasteiger partial charge >= 0.3 is 0 Å². The molecule has 2 rings (SSSR count). The van der Waals surface area contributed by atoms with Gasteiger partial charge in [0, 0.05) is 22.2 Å². The predicted octanol–water partition coefficient (Wildman–Crippen LogP) is 2.32. The fourth-order valence-electron chi connectivity index (χ4n) is 1.73. The molecular formula is C9H12ClNO3S. The molecule has 1 aliphatic rings. The summed E-state index contributed by atoms with van der Waals surface area (Å²) in [5.74, 6) is 0.997. The molecule has 0 amide bonds. The van der Waals surface area contributed by atoms with Gasteiger partial charge in [-0.3, -0.25) is 0 Å². The van der Waals surface area contributed by atoms with Gasteiger partial charge in [0.05, 0.1) is 0 Å². The maximum absolute atomic E-state index is 10.9. The van der Waals surface area contributed by atoms with E-state index in [0.717, 1.165) is 24.2 Å².